The molecule has 9 heteroatoms. The van der Waals surface area contributed by atoms with E-state index in [0.29, 0.717) is 23.3 Å². The molecule has 114 valence electrons. The first-order chi connectivity index (χ1) is 9.93. The normalized spacial score (nSPS) is 17.1. The van der Waals surface area contributed by atoms with Crippen LogP contribution in [0.15, 0.2) is 12.1 Å². The Hall–Kier alpha value is -1.90. The highest BCUT2D eigenvalue weighted by atomic mass is 19.4. The zero-order chi connectivity index (χ0) is 15.1. The van der Waals surface area contributed by atoms with Gasteiger partial charge in [0.1, 0.15) is 5.82 Å². The SMILES string of the molecule is OCCC1(CNc2ccc3nnc(C(F)(F)F)n3n2)CC1. The Balaban J connectivity index is 1.80. The highest BCUT2D eigenvalue weighted by Gasteiger charge is 2.41. The van der Waals surface area contributed by atoms with E-state index in [2.05, 4.69) is 20.6 Å². The van der Waals surface area contributed by atoms with Gasteiger partial charge in [-0.15, -0.1) is 15.3 Å². The van der Waals surface area contributed by atoms with E-state index < -0.39 is 12.0 Å². The molecule has 1 saturated carbocycles. The number of nitrogens with zero attached hydrogens (tertiary/aromatic N) is 4. The molecule has 2 N–H and O–H groups in total. The summed E-state index contributed by atoms with van der Waals surface area (Å²) in [7, 11) is 0. The zero-order valence-electron chi connectivity index (χ0n) is 11.1. The van der Waals surface area contributed by atoms with Crippen molar-refractivity contribution < 1.29 is 18.3 Å². The van der Waals surface area contributed by atoms with Crippen molar-refractivity contribution in [2.75, 3.05) is 18.5 Å². The quantitative estimate of drug-likeness (QED) is 0.879. The standard InChI is InChI=1S/C12H14F3N5O/c13-12(14,15)10-18-17-9-2-1-8(19-20(9)10)16-7-11(3-4-11)5-6-21/h1-2,21H,3-7H2,(H,16,19). The van der Waals surface area contributed by atoms with Gasteiger partial charge in [-0.2, -0.15) is 17.7 Å². The van der Waals surface area contributed by atoms with E-state index in [-0.39, 0.29) is 17.7 Å². The molecule has 2 heterocycles. The van der Waals surface area contributed by atoms with E-state index in [1.165, 1.54) is 6.07 Å². The third kappa shape index (κ3) is 2.78. The summed E-state index contributed by atoms with van der Waals surface area (Å²) in [4.78, 5) is 0. The zero-order valence-corrected chi connectivity index (χ0v) is 11.1. The number of aliphatic hydroxyl groups is 1. The number of rotatable bonds is 5. The summed E-state index contributed by atoms with van der Waals surface area (Å²) < 4.78 is 39.0. The van der Waals surface area contributed by atoms with Crippen molar-refractivity contribution in [1.29, 1.82) is 0 Å². The second kappa shape index (κ2) is 4.83. The molecule has 0 bridgehead atoms. The summed E-state index contributed by atoms with van der Waals surface area (Å²) in [6, 6.07) is 3.00. The lowest BCUT2D eigenvalue weighted by molar-refractivity contribution is -0.146. The van der Waals surface area contributed by atoms with Crippen molar-refractivity contribution in [2.24, 2.45) is 5.41 Å². The van der Waals surface area contributed by atoms with Crippen LogP contribution in [0.1, 0.15) is 25.1 Å². The van der Waals surface area contributed by atoms with E-state index in [0.717, 1.165) is 12.8 Å². The van der Waals surface area contributed by atoms with Gasteiger partial charge >= 0.3 is 6.18 Å². The Labute approximate surface area is 118 Å². The largest absolute Gasteiger partial charge is 0.453 e. The molecule has 2 aromatic heterocycles. The molecule has 0 aromatic carbocycles. The Bertz CT molecular complexity index is 650. The molecule has 1 fully saturated rings. The maximum Gasteiger partial charge on any atom is 0.453 e. The summed E-state index contributed by atoms with van der Waals surface area (Å²) in [6.07, 6.45) is -1.91. The van der Waals surface area contributed by atoms with Gasteiger partial charge in [-0.1, -0.05) is 0 Å². The van der Waals surface area contributed by atoms with Crippen LogP contribution in [0, 0.1) is 5.41 Å². The predicted octanol–water partition coefficient (Wildman–Crippen LogP) is 1.72. The molecule has 1 aliphatic carbocycles. The number of hydrogen-bond donors (Lipinski definition) is 2. The van der Waals surface area contributed by atoms with E-state index in [1.54, 1.807) is 6.07 Å². The van der Waals surface area contributed by atoms with Gasteiger partial charge < -0.3 is 10.4 Å². The summed E-state index contributed by atoms with van der Waals surface area (Å²) >= 11 is 0. The van der Waals surface area contributed by atoms with Crippen LogP contribution in [0.4, 0.5) is 19.0 Å². The molecule has 0 aliphatic heterocycles. The van der Waals surface area contributed by atoms with Crippen molar-refractivity contribution in [3.05, 3.63) is 18.0 Å². The highest BCUT2D eigenvalue weighted by molar-refractivity contribution is 5.44. The van der Waals surface area contributed by atoms with Gasteiger partial charge in [-0.25, -0.2) is 0 Å². The molecule has 0 amide bonds. The number of hydrogen-bond acceptors (Lipinski definition) is 5. The smallest absolute Gasteiger partial charge is 0.396 e. The fourth-order valence-corrected chi connectivity index (χ4v) is 2.27. The lowest BCUT2D eigenvalue weighted by Gasteiger charge is -2.15. The van der Waals surface area contributed by atoms with E-state index in [9.17, 15) is 13.2 Å². The molecule has 2 aromatic rings. The monoisotopic (exact) mass is 301 g/mol. The molecule has 0 atom stereocenters. The van der Waals surface area contributed by atoms with Gasteiger partial charge in [0, 0.05) is 13.2 Å². The molecule has 0 spiro atoms. The Morgan fingerprint density at radius 3 is 2.67 bits per heavy atom. The third-order valence-corrected chi connectivity index (χ3v) is 3.76. The van der Waals surface area contributed by atoms with Gasteiger partial charge in [0.15, 0.2) is 5.65 Å². The minimum Gasteiger partial charge on any atom is -0.396 e. The van der Waals surface area contributed by atoms with Gasteiger partial charge in [-0.3, -0.25) is 0 Å². The van der Waals surface area contributed by atoms with Crippen LogP contribution in [0.3, 0.4) is 0 Å². The van der Waals surface area contributed by atoms with E-state index in [1.807, 2.05) is 0 Å². The predicted molar refractivity (Wildman–Crippen MR) is 67.6 cm³/mol. The third-order valence-electron chi connectivity index (χ3n) is 3.76. The maximum absolute atomic E-state index is 12.8. The molecule has 0 radical (unpaired) electrons. The molecule has 1 aliphatic rings. The first kappa shape index (κ1) is 14.1. The van der Waals surface area contributed by atoms with Crippen molar-refractivity contribution in [1.82, 2.24) is 19.8 Å². The molecular weight excluding hydrogens is 287 g/mol. The fourth-order valence-electron chi connectivity index (χ4n) is 2.27. The van der Waals surface area contributed by atoms with Gasteiger partial charge in [-0.05, 0) is 36.8 Å². The van der Waals surface area contributed by atoms with Crippen LogP contribution in [-0.2, 0) is 6.18 Å². The number of fused-ring (bicyclic) bond motifs is 1. The number of anilines is 1. The summed E-state index contributed by atoms with van der Waals surface area (Å²) in [5.74, 6) is -0.811. The second-order valence-electron chi connectivity index (χ2n) is 5.34. The van der Waals surface area contributed by atoms with Crippen molar-refractivity contribution >= 4 is 11.5 Å². The Morgan fingerprint density at radius 1 is 1.29 bits per heavy atom. The first-order valence-corrected chi connectivity index (χ1v) is 6.58. The Kier molecular flexibility index (Phi) is 3.23. The lowest BCUT2D eigenvalue weighted by atomic mass is 10.0. The topological polar surface area (TPSA) is 75.3 Å². The van der Waals surface area contributed by atoms with Crippen molar-refractivity contribution in [3.63, 3.8) is 0 Å². The number of nitrogens with one attached hydrogen (secondary N) is 1. The number of halogens is 3. The highest BCUT2D eigenvalue weighted by Crippen LogP contribution is 2.48. The summed E-state index contributed by atoms with van der Waals surface area (Å²) in [5, 5.41) is 22.5. The Morgan fingerprint density at radius 2 is 2.05 bits per heavy atom. The molecule has 3 rings (SSSR count). The number of alkyl halides is 3. The molecular formula is C12H14F3N5O. The fraction of sp³-hybridized carbons (Fsp3) is 0.583. The molecule has 0 unspecified atom stereocenters. The molecule has 21 heavy (non-hydrogen) atoms. The lowest BCUT2D eigenvalue weighted by Crippen LogP contribution is -2.18. The summed E-state index contributed by atoms with van der Waals surface area (Å²) in [6.45, 7) is 0.688. The van der Waals surface area contributed by atoms with Crippen LogP contribution in [0.25, 0.3) is 5.65 Å². The minimum absolute atomic E-state index is 0.0457. The van der Waals surface area contributed by atoms with Crippen LogP contribution in [-0.4, -0.2) is 38.1 Å². The average Bonchev–Trinajstić information content (AvgIpc) is 3.04. The van der Waals surface area contributed by atoms with Crippen molar-refractivity contribution in [3.8, 4) is 0 Å². The van der Waals surface area contributed by atoms with E-state index >= 15 is 0 Å². The van der Waals surface area contributed by atoms with Crippen LogP contribution in [0.5, 0.6) is 0 Å². The average molecular weight is 301 g/mol. The first-order valence-electron chi connectivity index (χ1n) is 6.58. The summed E-state index contributed by atoms with van der Waals surface area (Å²) in [5.41, 5.74) is 0.0928. The van der Waals surface area contributed by atoms with Crippen LogP contribution in [0.2, 0.25) is 0 Å². The number of aromatic nitrogens is 4. The van der Waals surface area contributed by atoms with Gasteiger partial charge in [0.2, 0.25) is 0 Å². The van der Waals surface area contributed by atoms with Gasteiger partial charge in [0.25, 0.3) is 5.82 Å². The minimum atomic E-state index is -4.60. The van der Waals surface area contributed by atoms with Crippen LogP contribution < -0.4 is 5.32 Å². The second-order valence-corrected chi connectivity index (χ2v) is 5.34. The van der Waals surface area contributed by atoms with Crippen molar-refractivity contribution in [2.45, 2.75) is 25.4 Å². The van der Waals surface area contributed by atoms with Crippen LogP contribution >= 0.6 is 0 Å². The number of aliphatic hydroxyl groups excluding tert-OH is 1. The molecule has 0 saturated heterocycles. The maximum atomic E-state index is 12.8. The molecule has 6 nitrogen and oxygen atoms in total. The van der Waals surface area contributed by atoms with Gasteiger partial charge in [0.05, 0.1) is 0 Å². The van der Waals surface area contributed by atoms with E-state index in [4.69, 9.17) is 5.11 Å².